The lowest BCUT2D eigenvalue weighted by Crippen LogP contribution is -2.46. The van der Waals surface area contributed by atoms with Crippen LogP contribution >= 0.6 is 11.6 Å². The van der Waals surface area contributed by atoms with Gasteiger partial charge >= 0.3 is 0 Å². The van der Waals surface area contributed by atoms with Crippen LogP contribution in [0.4, 0.5) is 0 Å². The highest BCUT2D eigenvalue weighted by Crippen LogP contribution is 2.67. The van der Waals surface area contributed by atoms with Gasteiger partial charge in [-0.3, -0.25) is 0 Å². The highest BCUT2D eigenvalue weighted by molar-refractivity contribution is 6.21. The molecule has 0 aromatic carbocycles. The minimum absolute atomic E-state index is 0.148. The Kier molecular flexibility index (Phi) is 2.37. The molecule has 2 aliphatic carbocycles. The molecule has 2 nitrogen and oxygen atoms in total. The van der Waals surface area contributed by atoms with Gasteiger partial charge in [0.15, 0.2) is 0 Å². The first-order chi connectivity index (χ1) is 6.42. The molecule has 0 bridgehead atoms. The summed E-state index contributed by atoms with van der Waals surface area (Å²) in [6, 6.07) is 0. The Morgan fingerprint density at radius 2 is 2.07 bits per heavy atom. The lowest BCUT2D eigenvalue weighted by molar-refractivity contribution is -0.0554. The van der Waals surface area contributed by atoms with E-state index in [1.54, 1.807) is 7.11 Å². The first kappa shape index (κ1) is 10.7. The molecule has 2 saturated carbocycles. The van der Waals surface area contributed by atoms with Crippen LogP contribution in [-0.4, -0.2) is 29.8 Å². The van der Waals surface area contributed by atoms with E-state index in [0.717, 1.165) is 12.8 Å². The third-order valence-electron chi connectivity index (χ3n) is 4.30. The summed E-state index contributed by atoms with van der Waals surface area (Å²) in [5.41, 5.74) is -0.420. The second-order valence-electron chi connectivity index (χ2n) is 5.48. The largest absolute Gasteiger partial charge is 0.386 e. The van der Waals surface area contributed by atoms with Crippen LogP contribution in [0.3, 0.4) is 0 Å². The Morgan fingerprint density at radius 3 is 2.64 bits per heavy atom. The van der Waals surface area contributed by atoms with E-state index in [1.165, 1.54) is 0 Å². The highest BCUT2D eigenvalue weighted by atomic mass is 35.5. The fourth-order valence-electron chi connectivity index (χ4n) is 3.08. The molecule has 0 radical (unpaired) electrons. The van der Waals surface area contributed by atoms with E-state index in [2.05, 4.69) is 13.8 Å². The third-order valence-corrected chi connectivity index (χ3v) is 4.88. The van der Waals surface area contributed by atoms with Gasteiger partial charge in [0, 0.05) is 7.11 Å². The SMILES string of the molecule is COC[C@@]1(O)C[C@H]2[C@@H](C[C@@H]1Cl)C2(C)C. The second kappa shape index (κ2) is 3.10. The molecule has 0 aromatic heterocycles. The smallest absolute Gasteiger partial charge is 0.104 e. The van der Waals surface area contributed by atoms with Crippen molar-refractivity contribution in [3.8, 4) is 0 Å². The average Bonchev–Trinajstić information content (AvgIpc) is 2.56. The van der Waals surface area contributed by atoms with Gasteiger partial charge in [0.25, 0.3) is 0 Å². The topological polar surface area (TPSA) is 29.5 Å². The van der Waals surface area contributed by atoms with Crippen LogP contribution in [0.25, 0.3) is 0 Å². The molecule has 3 heteroatoms. The monoisotopic (exact) mass is 218 g/mol. The van der Waals surface area contributed by atoms with E-state index in [1.807, 2.05) is 0 Å². The maximum Gasteiger partial charge on any atom is 0.104 e. The van der Waals surface area contributed by atoms with Gasteiger partial charge in [0.05, 0.1) is 12.0 Å². The van der Waals surface area contributed by atoms with Crippen LogP contribution in [-0.2, 0) is 4.74 Å². The number of rotatable bonds is 2. The molecule has 2 rings (SSSR count). The van der Waals surface area contributed by atoms with Crippen molar-refractivity contribution < 1.29 is 9.84 Å². The van der Waals surface area contributed by atoms with Gasteiger partial charge in [-0.1, -0.05) is 13.8 Å². The maximum atomic E-state index is 10.3. The lowest BCUT2D eigenvalue weighted by Gasteiger charge is -2.35. The molecule has 0 heterocycles. The van der Waals surface area contributed by atoms with Crippen molar-refractivity contribution in [2.45, 2.75) is 37.7 Å². The predicted octanol–water partition coefficient (Wildman–Crippen LogP) is 2.04. The second-order valence-corrected chi connectivity index (χ2v) is 6.01. The van der Waals surface area contributed by atoms with Crippen molar-refractivity contribution in [3.05, 3.63) is 0 Å². The van der Waals surface area contributed by atoms with Gasteiger partial charge in [0.1, 0.15) is 5.60 Å². The Hall–Kier alpha value is 0.210. The van der Waals surface area contributed by atoms with Crippen molar-refractivity contribution >= 4 is 11.6 Å². The van der Waals surface area contributed by atoms with Crippen molar-refractivity contribution in [1.29, 1.82) is 0 Å². The van der Waals surface area contributed by atoms with E-state index < -0.39 is 5.60 Å². The quantitative estimate of drug-likeness (QED) is 0.719. The molecule has 0 unspecified atom stereocenters. The molecular weight excluding hydrogens is 200 g/mol. The predicted molar refractivity (Wildman–Crippen MR) is 56.5 cm³/mol. The van der Waals surface area contributed by atoms with Gasteiger partial charge in [-0.15, -0.1) is 11.6 Å². The standard InChI is InChI=1S/C11H19ClO2/c1-10(2)7-4-9(12)11(13,6-14-3)5-8(7)10/h7-9,13H,4-6H2,1-3H3/t7-,8+,9+,11+/m1/s1. The van der Waals surface area contributed by atoms with Crippen molar-refractivity contribution in [2.24, 2.45) is 17.3 Å². The first-order valence-corrected chi connectivity index (χ1v) is 5.71. The Bertz CT molecular complexity index is 241. The Morgan fingerprint density at radius 1 is 1.43 bits per heavy atom. The lowest BCUT2D eigenvalue weighted by atomic mass is 9.85. The summed E-state index contributed by atoms with van der Waals surface area (Å²) in [6.45, 7) is 4.90. The summed E-state index contributed by atoms with van der Waals surface area (Å²) in [4.78, 5) is 0. The number of methoxy groups -OCH3 is 1. The molecule has 14 heavy (non-hydrogen) atoms. The number of hydrogen-bond donors (Lipinski definition) is 1. The van der Waals surface area contributed by atoms with Gasteiger partial charge in [0.2, 0.25) is 0 Å². The maximum absolute atomic E-state index is 10.3. The number of fused-ring (bicyclic) bond motifs is 1. The van der Waals surface area contributed by atoms with E-state index in [0.29, 0.717) is 23.9 Å². The van der Waals surface area contributed by atoms with Gasteiger partial charge in [-0.05, 0) is 30.1 Å². The number of aliphatic hydroxyl groups is 1. The summed E-state index contributed by atoms with van der Waals surface area (Å²) < 4.78 is 5.06. The number of halogens is 1. The van der Waals surface area contributed by atoms with Gasteiger partial charge < -0.3 is 9.84 Å². The molecule has 0 spiro atoms. The minimum Gasteiger partial charge on any atom is -0.386 e. The first-order valence-electron chi connectivity index (χ1n) is 5.27. The fourth-order valence-corrected chi connectivity index (χ4v) is 3.43. The summed E-state index contributed by atoms with van der Waals surface area (Å²) in [5.74, 6) is 1.35. The van der Waals surface area contributed by atoms with Crippen LogP contribution in [0.2, 0.25) is 0 Å². The molecule has 2 fully saturated rings. The molecule has 0 aromatic rings. The van der Waals surface area contributed by atoms with Gasteiger partial charge in [-0.25, -0.2) is 0 Å². The molecular formula is C11H19ClO2. The van der Waals surface area contributed by atoms with Crippen molar-refractivity contribution in [2.75, 3.05) is 13.7 Å². The zero-order chi connectivity index (χ0) is 10.6. The van der Waals surface area contributed by atoms with Crippen LogP contribution in [0.1, 0.15) is 26.7 Å². The zero-order valence-corrected chi connectivity index (χ0v) is 9.84. The molecule has 0 amide bonds. The molecule has 82 valence electrons. The van der Waals surface area contributed by atoms with Crippen LogP contribution < -0.4 is 0 Å². The molecule has 2 aliphatic rings. The number of ether oxygens (including phenoxy) is 1. The van der Waals surface area contributed by atoms with E-state index in [4.69, 9.17) is 16.3 Å². The minimum atomic E-state index is -0.800. The Labute approximate surface area is 90.6 Å². The summed E-state index contributed by atoms with van der Waals surface area (Å²) in [7, 11) is 1.62. The van der Waals surface area contributed by atoms with E-state index in [9.17, 15) is 5.11 Å². The van der Waals surface area contributed by atoms with Crippen LogP contribution in [0.5, 0.6) is 0 Å². The molecule has 0 saturated heterocycles. The highest BCUT2D eigenvalue weighted by Gasteiger charge is 2.64. The molecule has 1 N–H and O–H groups in total. The summed E-state index contributed by atoms with van der Waals surface area (Å²) in [5, 5.41) is 10.2. The van der Waals surface area contributed by atoms with Crippen molar-refractivity contribution in [3.63, 3.8) is 0 Å². The van der Waals surface area contributed by atoms with E-state index in [-0.39, 0.29) is 5.38 Å². The van der Waals surface area contributed by atoms with Crippen molar-refractivity contribution in [1.82, 2.24) is 0 Å². The third kappa shape index (κ3) is 1.39. The van der Waals surface area contributed by atoms with E-state index >= 15 is 0 Å². The van der Waals surface area contributed by atoms with Gasteiger partial charge in [-0.2, -0.15) is 0 Å². The summed E-state index contributed by atoms with van der Waals surface area (Å²) >= 11 is 6.22. The fraction of sp³-hybridized carbons (Fsp3) is 1.00. The Balaban J connectivity index is 2.09. The van der Waals surface area contributed by atoms with Crippen LogP contribution in [0.15, 0.2) is 0 Å². The van der Waals surface area contributed by atoms with Crippen LogP contribution in [0, 0.1) is 17.3 Å². The molecule has 0 aliphatic heterocycles. The zero-order valence-electron chi connectivity index (χ0n) is 9.09. The molecule has 4 atom stereocenters. The normalized spacial score (nSPS) is 49.9. The summed E-state index contributed by atoms with van der Waals surface area (Å²) in [6.07, 6.45) is 1.73. The number of alkyl halides is 1. The average molecular weight is 219 g/mol. The number of hydrogen-bond acceptors (Lipinski definition) is 2.